The molecule has 0 saturated heterocycles. The summed E-state index contributed by atoms with van der Waals surface area (Å²) in [5, 5.41) is 0. The topological polar surface area (TPSA) is 100.0 Å². The molecule has 19 heavy (non-hydrogen) atoms. The van der Waals surface area contributed by atoms with E-state index in [1.807, 2.05) is 20.4 Å². The van der Waals surface area contributed by atoms with Gasteiger partial charge in [-0.3, -0.25) is 0 Å². The molecule has 0 fully saturated rings. The van der Waals surface area contributed by atoms with E-state index in [9.17, 15) is 4.80 Å². The standard InChI is InChI=1S/C11H30N2O4Si2/c1-4-15-18(3,10-6-8-12)17-19(14,16-5-2)11-7-9-13/h14H,4-13H2,1-3H3. The highest BCUT2D eigenvalue weighted by Crippen LogP contribution is 2.23. The fourth-order valence-corrected chi connectivity index (χ4v) is 8.76. The molecule has 0 saturated carbocycles. The van der Waals surface area contributed by atoms with Crippen molar-refractivity contribution in [3.8, 4) is 0 Å². The van der Waals surface area contributed by atoms with Crippen LogP contribution < -0.4 is 11.5 Å². The summed E-state index contributed by atoms with van der Waals surface area (Å²) in [6.07, 6.45) is 1.52. The molecule has 116 valence electrons. The quantitative estimate of drug-likeness (QED) is 0.461. The third kappa shape index (κ3) is 8.15. The Labute approximate surface area is 119 Å². The highest BCUT2D eigenvalue weighted by Gasteiger charge is 2.45. The van der Waals surface area contributed by atoms with Crippen molar-refractivity contribution in [2.45, 2.75) is 45.3 Å². The molecule has 0 radical (unpaired) electrons. The average molecular weight is 311 g/mol. The molecule has 0 aliphatic rings. The Morgan fingerprint density at radius 1 is 0.947 bits per heavy atom. The minimum atomic E-state index is -3.18. The molecule has 0 aromatic heterocycles. The van der Waals surface area contributed by atoms with Crippen LogP contribution >= 0.6 is 0 Å². The highest BCUT2D eigenvalue weighted by atomic mass is 28.5. The molecule has 2 unspecified atom stereocenters. The van der Waals surface area contributed by atoms with Crippen molar-refractivity contribution in [1.82, 2.24) is 0 Å². The second kappa shape index (κ2) is 10.00. The highest BCUT2D eigenvalue weighted by molar-refractivity contribution is 6.77. The minimum absolute atomic E-state index is 0.431. The Bertz CT molecular complexity index is 217. The maximum absolute atomic E-state index is 10.6. The summed E-state index contributed by atoms with van der Waals surface area (Å²) >= 11 is 0. The van der Waals surface area contributed by atoms with Gasteiger partial charge in [0.2, 0.25) is 0 Å². The van der Waals surface area contributed by atoms with Crippen LogP contribution in [0.5, 0.6) is 0 Å². The smallest absolute Gasteiger partial charge is 0.395 e. The van der Waals surface area contributed by atoms with Gasteiger partial charge in [-0.2, -0.15) is 0 Å². The molecule has 8 heteroatoms. The van der Waals surface area contributed by atoms with Gasteiger partial charge in [-0.05, 0) is 52.4 Å². The Balaban J connectivity index is 4.70. The Morgan fingerprint density at radius 2 is 1.47 bits per heavy atom. The van der Waals surface area contributed by atoms with Crippen LogP contribution in [0.15, 0.2) is 0 Å². The van der Waals surface area contributed by atoms with E-state index in [0.717, 1.165) is 12.5 Å². The van der Waals surface area contributed by atoms with Crippen molar-refractivity contribution in [3.63, 3.8) is 0 Å². The predicted octanol–water partition coefficient (Wildman–Crippen LogP) is 0.777. The molecular formula is C11H30N2O4Si2. The summed E-state index contributed by atoms with van der Waals surface area (Å²) in [6, 6.07) is 1.25. The first-order valence-electron chi connectivity index (χ1n) is 7.06. The van der Waals surface area contributed by atoms with Crippen molar-refractivity contribution >= 4 is 17.4 Å². The summed E-state index contributed by atoms with van der Waals surface area (Å²) in [7, 11) is -5.60. The largest absolute Gasteiger partial charge is 0.489 e. The third-order valence-corrected chi connectivity index (χ3v) is 9.62. The molecule has 0 aromatic carbocycles. The fraction of sp³-hybridized carbons (Fsp3) is 1.00. The number of hydrogen-bond acceptors (Lipinski definition) is 6. The van der Waals surface area contributed by atoms with E-state index in [4.69, 9.17) is 24.4 Å². The Morgan fingerprint density at radius 3 is 1.95 bits per heavy atom. The van der Waals surface area contributed by atoms with Gasteiger partial charge in [0.15, 0.2) is 0 Å². The third-order valence-electron chi connectivity index (χ3n) is 2.73. The average Bonchev–Trinajstić information content (AvgIpc) is 2.34. The van der Waals surface area contributed by atoms with Crippen LogP contribution in [0.25, 0.3) is 0 Å². The summed E-state index contributed by atoms with van der Waals surface area (Å²) < 4.78 is 17.3. The number of hydrogen-bond donors (Lipinski definition) is 3. The second-order valence-corrected chi connectivity index (χ2v) is 10.7. The lowest BCUT2D eigenvalue weighted by Crippen LogP contribution is -2.54. The molecule has 0 aliphatic heterocycles. The minimum Gasteiger partial charge on any atom is -0.395 e. The van der Waals surface area contributed by atoms with Crippen molar-refractivity contribution in [2.75, 3.05) is 26.3 Å². The van der Waals surface area contributed by atoms with Gasteiger partial charge in [-0.25, -0.2) is 0 Å². The first kappa shape index (κ1) is 19.2. The number of nitrogens with two attached hydrogens (primary N) is 2. The zero-order valence-electron chi connectivity index (χ0n) is 12.5. The number of rotatable bonds is 12. The lowest BCUT2D eigenvalue weighted by Gasteiger charge is -2.34. The summed E-state index contributed by atoms with van der Waals surface area (Å²) in [5.41, 5.74) is 11.0. The first-order chi connectivity index (χ1) is 8.95. The molecule has 0 aliphatic carbocycles. The maximum atomic E-state index is 10.6. The van der Waals surface area contributed by atoms with Gasteiger partial charge < -0.3 is 29.2 Å². The maximum Gasteiger partial charge on any atom is 0.489 e. The van der Waals surface area contributed by atoms with Crippen LogP contribution in [-0.2, 0) is 13.0 Å². The molecule has 0 heterocycles. The predicted molar refractivity (Wildman–Crippen MR) is 80.9 cm³/mol. The monoisotopic (exact) mass is 310 g/mol. The molecule has 0 rings (SSSR count). The van der Waals surface area contributed by atoms with Crippen LogP contribution in [0.4, 0.5) is 0 Å². The van der Waals surface area contributed by atoms with E-state index < -0.39 is 17.4 Å². The van der Waals surface area contributed by atoms with Crippen LogP contribution in [0.1, 0.15) is 26.7 Å². The van der Waals surface area contributed by atoms with E-state index in [0.29, 0.717) is 38.8 Å². The molecule has 5 N–H and O–H groups in total. The summed E-state index contributed by atoms with van der Waals surface area (Å²) in [4.78, 5) is 10.6. The van der Waals surface area contributed by atoms with Crippen LogP contribution in [0.2, 0.25) is 18.6 Å². The van der Waals surface area contributed by atoms with Crippen LogP contribution in [0, 0.1) is 0 Å². The van der Waals surface area contributed by atoms with Gasteiger partial charge in [0.05, 0.1) is 0 Å². The zero-order chi connectivity index (χ0) is 14.8. The molecule has 0 bridgehead atoms. The van der Waals surface area contributed by atoms with Gasteiger partial charge in [0.1, 0.15) is 0 Å². The van der Waals surface area contributed by atoms with E-state index in [1.54, 1.807) is 0 Å². The molecule has 0 aromatic rings. The van der Waals surface area contributed by atoms with Crippen LogP contribution in [-0.4, -0.2) is 48.5 Å². The normalized spacial score (nSPS) is 18.0. The fourth-order valence-electron chi connectivity index (χ4n) is 1.92. The first-order valence-corrected chi connectivity index (χ1v) is 11.5. The zero-order valence-corrected chi connectivity index (χ0v) is 14.5. The second-order valence-electron chi connectivity index (χ2n) is 4.60. The van der Waals surface area contributed by atoms with Gasteiger partial charge >= 0.3 is 17.4 Å². The molecule has 6 nitrogen and oxygen atoms in total. The van der Waals surface area contributed by atoms with Gasteiger partial charge in [-0.1, -0.05) is 0 Å². The molecule has 2 atom stereocenters. The van der Waals surface area contributed by atoms with E-state index in [-0.39, 0.29) is 0 Å². The molecular weight excluding hydrogens is 280 g/mol. The van der Waals surface area contributed by atoms with E-state index in [2.05, 4.69) is 0 Å². The van der Waals surface area contributed by atoms with Gasteiger partial charge in [0, 0.05) is 19.3 Å². The van der Waals surface area contributed by atoms with E-state index >= 15 is 0 Å². The van der Waals surface area contributed by atoms with Gasteiger partial charge in [-0.15, -0.1) is 0 Å². The van der Waals surface area contributed by atoms with Crippen molar-refractivity contribution in [1.29, 1.82) is 0 Å². The van der Waals surface area contributed by atoms with Crippen LogP contribution in [0.3, 0.4) is 0 Å². The molecule has 0 amide bonds. The van der Waals surface area contributed by atoms with Crippen molar-refractivity contribution in [3.05, 3.63) is 0 Å². The van der Waals surface area contributed by atoms with Crippen molar-refractivity contribution < 1.29 is 17.8 Å². The summed E-state index contributed by atoms with van der Waals surface area (Å²) in [6.45, 7) is 7.85. The SMILES string of the molecule is CCO[Si](C)(CCCN)O[Si](O)(CCCN)OCC. The lowest BCUT2D eigenvalue weighted by atomic mass is 10.5. The lowest BCUT2D eigenvalue weighted by molar-refractivity contribution is 0.132. The molecule has 0 spiro atoms. The Hall–Kier alpha value is 0.194. The summed E-state index contributed by atoms with van der Waals surface area (Å²) in [5.74, 6) is 0. The van der Waals surface area contributed by atoms with E-state index in [1.165, 1.54) is 0 Å². The Kier molecular flexibility index (Phi) is 10.1. The van der Waals surface area contributed by atoms with Gasteiger partial charge in [0.25, 0.3) is 0 Å². The van der Waals surface area contributed by atoms with Crippen molar-refractivity contribution in [2.24, 2.45) is 11.5 Å².